The molecule has 0 nitrogen and oxygen atoms in total. The predicted molar refractivity (Wildman–Crippen MR) is 59.8 cm³/mol. The van der Waals surface area contributed by atoms with Gasteiger partial charge in [0, 0.05) is 0 Å². The summed E-state index contributed by atoms with van der Waals surface area (Å²) < 4.78 is 0. The van der Waals surface area contributed by atoms with Gasteiger partial charge in [0.05, 0.1) is 0 Å². The minimum absolute atomic E-state index is 0.701. The van der Waals surface area contributed by atoms with Crippen LogP contribution < -0.4 is 0 Å². The quantitative estimate of drug-likeness (QED) is 0.596. The summed E-state index contributed by atoms with van der Waals surface area (Å²) in [5, 5.41) is 0. The van der Waals surface area contributed by atoms with Gasteiger partial charge in [-0.15, -0.1) is 0 Å². The Hall–Kier alpha value is 0. The Morgan fingerprint density at radius 2 is 1.77 bits per heavy atom. The van der Waals surface area contributed by atoms with E-state index in [0.29, 0.717) is 5.41 Å². The van der Waals surface area contributed by atoms with Crippen molar-refractivity contribution < 1.29 is 0 Å². The zero-order chi connectivity index (χ0) is 9.90. The topological polar surface area (TPSA) is 0 Å². The van der Waals surface area contributed by atoms with E-state index in [1.165, 1.54) is 38.5 Å². The SMILES string of the molecule is CCC1(CC)CCCCC1C(C)C. The van der Waals surface area contributed by atoms with Gasteiger partial charge in [-0.3, -0.25) is 0 Å². The van der Waals surface area contributed by atoms with Crippen molar-refractivity contribution in [2.24, 2.45) is 17.3 Å². The van der Waals surface area contributed by atoms with Crippen LogP contribution in [0.15, 0.2) is 0 Å². The first kappa shape index (κ1) is 11.1. The molecule has 0 heteroatoms. The Morgan fingerprint density at radius 1 is 1.15 bits per heavy atom. The lowest BCUT2D eigenvalue weighted by molar-refractivity contribution is 0.0489. The van der Waals surface area contributed by atoms with Crippen LogP contribution in [0.4, 0.5) is 0 Å². The molecule has 0 N–H and O–H groups in total. The minimum Gasteiger partial charge on any atom is -0.0648 e. The molecular formula is C13H26. The highest BCUT2D eigenvalue weighted by Gasteiger charge is 2.38. The van der Waals surface area contributed by atoms with Gasteiger partial charge in [0.1, 0.15) is 0 Å². The van der Waals surface area contributed by atoms with Crippen LogP contribution in [0.5, 0.6) is 0 Å². The van der Waals surface area contributed by atoms with Crippen molar-refractivity contribution in [1.29, 1.82) is 0 Å². The van der Waals surface area contributed by atoms with E-state index in [1.807, 2.05) is 0 Å². The Balaban J connectivity index is 2.75. The molecule has 13 heavy (non-hydrogen) atoms. The van der Waals surface area contributed by atoms with Crippen LogP contribution in [-0.4, -0.2) is 0 Å². The molecule has 0 bridgehead atoms. The lowest BCUT2D eigenvalue weighted by Crippen LogP contribution is -2.35. The van der Waals surface area contributed by atoms with Crippen LogP contribution in [0, 0.1) is 17.3 Å². The normalized spacial score (nSPS) is 27.9. The van der Waals surface area contributed by atoms with Gasteiger partial charge < -0.3 is 0 Å². The molecule has 0 amide bonds. The molecular weight excluding hydrogens is 156 g/mol. The molecule has 0 saturated heterocycles. The van der Waals surface area contributed by atoms with Crippen LogP contribution in [0.25, 0.3) is 0 Å². The maximum absolute atomic E-state index is 2.41. The van der Waals surface area contributed by atoms with Crippen molar-refractivity contribution in [3.8, 4) is 0 Å². The van der Waals surface area contributed by atoms with Gasteiger partial charge in [-0.25, -0.2) is 0 Å². The summed E-state index contributed by atoms with van der Waals surface area (Å²) >= 11 is 0. The summed E-state index contributed by atoms with van der Waals surface area (Å²) in [6.45, 7) is 9.61. The largest absolute Gasteiger partial charge is 0.0648 e. The molecule has 1 aliphatic rings. The first-order valence-corrected chi connectivity index (χ1v) is 6.16. The molecule has 1 aliphatic carbocycles. The summed E-state index contributed by atoms with van der Waals surface area (Å²) in [6, 6.07) is 0. The molecule has 0 aliphatic heterocycles. The minimum atomic E-state index is 0.701. The van der Waals surface area contributed by atoms with Crippen molar-refractivity contribution >= 4 is 0 Å². The van der Waals surface area contributed by atoms with Crippen molar-refractivity contribution in [3.63, 3.8) is 0 Å². The average molecular weight is 182 g/mol. The Labute approximate surface area is 84.1 Å². The van der Waals surface area contributed by atoms with E-state index in [9.17, 15) is 0 Å². The van der Waals surface area contributed by atoms with Gasteiger partial charge in [-0.1, -0.05) is 53.4 Å². The molecule has 0 heterocycles. The summed E-state index contributed by atoms with van der Waals surface area (Å²) in [5.41, 5.74) is 0.701. The monoisotopic (exact) mass is 182 g/mol. The highest BCUT2D eigenvalue weighted by molar-refractivity contribution is 4.89. The molecule has 1 saturated carbocycles. The van der Waals surface area contributed by atoms with Gasteiger partial charge in [-0.05, 0) is 30.1 Å². The molecule has 0 spiro atoms. The average Bonchev–Trinajstić information content (AvgIpc) is 2.17. The zero-order valence-corrected chi connectivity index (χ0v) is 9.90. The lowest BCUT2D eigenvalue weighted by atomic mass is 9.60. The molecule has 0 aromatic carbocycles. The van der Waals surface area contributed by atoms with Crippen LogP contribution in [0.1, 0.15) is 66.2 Å². The molecule has 78 valence electrons. The van der Waals surface area contributed by atoms with Gasteiger partial charge in [0.2, 0.25) is 0 Å². The lowest BCUT2D eigenvalue weighted by Gasteiger charge is -2.45. The Bertz CT molecular complexity index is 142. The van der Waals surface area contributed by atoms with E-state index in [1.54, 1.807) is 0 Å². The molecule has 1 unspecified atom stereocenters. The molecule has 1 rings (SSSR count). The molecule has 0 aromatic rings. The zero-order valence-electron chi connectivity index (χ0n) is 9.90. The molecule has 0 radical (unpaired) electrons. The summed E-state index contributed by atoms with van der Waals surface area (Å²) in [4.78, 5) is 0. The fourth-order valence-corrected chi connectivity index (χ4v) is 3.50. The van der Waals surface area contributed by atoms with Gasteiger partial charge >= 0.3 is 0 Å². The summed E-state index contributed by atoms with van der Waals surface area (Å²) in [6.07, 6.45) is 8.72. The Morgan fingerprint density at radius 3 is 2.15 bits per heavy atom. The first-order valence-electron chi connectivity index (χ1n) is 6.16. The van der Waals surface area contributed by atoms with Gasteiger partial charge in [-0.2, -0.15) is 0 Å². The fraction of sp³-hybridized carbons (Fsp3) is 1.00. The highest BCUT2D eigenvalue weighted by atomic mass is 14.4. The van der Waals surface area contributed by atoms with Gasteiger partial charge in [0.25, 0.3) is 0 Å². The first-order chi connectivity index (χ1) is 6.16. The number of hydrogen-bond donors (Lipinski definition) is 0. The van der Waals surface area contributed by atoms with E-state index in [2.05, 4.69) is 27.7 Å². The van der Waals surface area contributed by atoms with E-state index < -0.39 is 0 Å². The fourth-order valence-electron chi connectivity index (χ4n) is 3.50. The van der Waals surface area contributed by atoms with Crippen LogP contribution in [-0.2, 0) is 0 Å². The third kappa shape index (κ3) is 2.08. The van der Waals surface area contributed by atoms with E-state index in [4.69, 9.17) is 0 Å². The van der Waals surface area contributed by atoms with Crippen molar-refractivity contribution in [1.82, 2.24) is 0 Å². The van der Waals surface area contributed by atoms with Crippen LogP contribution in [0.3, 0.4) is 0 Å². The second-order valence-electron chi connectivity index (χ2n) is 5.17. The van der Waals surface area contributed by atoms with Crippen LogP contribution >= 0.6 is 0 Å². The maximum atomic E-state index is 2.41. The third-order valence-electron chi connectivity index (χ3n) is 4.44. The second-order valence-corrected chi connectivity index (χ2v) is 5.17. The van der Waals surface area contributed by atoms with Crippen molar-refractivity contribution in [2.45, 2.75) is 66.2 Å². The van der Waals surface area contributed by atoms with Crippen LogP contribution in [0.2, 0.25) is 0 Å². The predicted octanol–water partition coefficient (Wildman–Crippen LogP) is 4.64. The molecule has 0 aromatic heterocycles. The molecule has 1 fully saturated rings. The second kappa shape index (κ2) is 4.48. The third-order valence-corrected chi connectivity index (χ3v) is 4.44. The highest BCUT2D eigenvalue weighted by Crippen LogP contribution is 2.49. The summed E-state index contributed by atoms with van der Waals surface area (Å²) in [7, 11) is 0. The maximum Gasteiger partial charge on any atom is -0.0272 e. The van der Waals surface area contributed by atoms with Crippen molar-refractivity contribution in [3.05, 3.63) is 0 Å². The van der Waals surface area contributed by atoms with E-state index in [-0.39, 0.29) is 0 Å². The standard InChI is InChI=1S/C13H26/c1-5-13(6-2)10-8-7-9-12(13)11(3)4/h11-12H,5-10H2,1-4H3. The van der Waals surface area contributed by atoms with E-state index >= 15 is 0 Å². The number of rotatable bonds is 3. The number of hydrogen-bond acceptors (Lipinski definition) is 0. The van der Waals surface area contributed by atoms with Crippen molar-refractivity contribution in [2.75, 3.05) is 0 Å². The molecule has 1 atom stereocenters. The van der Waals surface area contributed by atoms with E-state index in [0.717, 1.165) is 11.8 Å². The summed E-state index contributed by atoms with van der Waals surface area (Å²) in [5.74, 6) is 1.89. The Kier molecular flexibility index (Phi) is 3.82. The van der Waals surface area contributed by atoms with Gasteiger partial charge in [0.15, 0.2) is 0 Å². The smallest absolute Gasteiger partial charge is 0.0272 e.